The second kappa shape index (κ2) is 6.77. The number of sulfonamides is 1. The molecule has 0 bridgehead atoms. The molecule has 0 fully saturated rings. The van der Waals surface area contributed by atoms with Crippen LogP contribution in [-0.2, 0) is 10.0 Å². The fourth-order valence-corrected chi connectivity index (χ4v) is 3.57. The van der Waals surface area contributed by atoms with Crippen molar-refractivity contribution in [3.63, 3.8) is 0 Å². The standard InChI is InChI=1S/C11H18N2O2S2.ClH/c1-11(2,12)8-13-17(14,15)10-7-5-4-6-9(10)16-3;/h4-7,13H,8,12H2,1-3H3;1H. The van der Waals surface area contributed by atoms with Crippen molar-refractivity contribution in [1.82, 2.24) is 4.72 Å². The van der Waals surface area contributed by atoms with Crippen LogP contribution >= 0.6 is 24.2 Å². The van der Waals surface area contributed by atoms with E-state index in [0.29, 0.717) is 4.90 Å². The van der Waals surface area contributed by atoms with Crippen LogP contribution < -0.4 is 10.5 Å². The smallest absolute Gasteiger partial charge is 0.241 e. The third-order valence-corrected chi connectivity index (χ3v) is 4.46. The SMILES string of the molecule is CSc1ccccc1S(=O)(=O)NCC(C)(C)N.Cl. The summed E-state index contributed by atoms with van der Waals surface area (Å²) in [6.07, 6.45) is 1.85. The van der Waals surface area contributed by atoms with Crippen LogP contribution in [0.3, 0.4) is 0 Å². The zero-order valence-corrected chi connectivity index (χ0v) is 13.1. The van der Waals surface area contributed by atoms with Crippen molar-refractivity contribution >= 4 is 34.2 Å². The van der Waals surface area contributed by atoms with Gasteiger partial charge in [0.15, 0.2) is 0 Å². The number of nitrogens with two attached hydrogens (primary N) is 1. The van der Waals surface area contributed by atoms with Crippen LogP contribution in [0.4, 0.5) is 0 Å². The minimum Gasteiger partial charge on any atom is -0.324 e. The molecule has 0 spiro atoms. The molecule has 0 radical (unpaired) electrons. The maximum Gasteiger partial charge on any atom is 0.241 e. The van der Waals surface area contributed by atoms with E-state index in [1.165, 1.54) is 11.8 Å². The van der Waals surface area contributed by atoms with Crippen molar-refractivity contribution in [1.29, 1.82) is 0 Å². The molecule has 1 rings (SSSR count). The first-order valence-electron chi connectivity index (χ1n) is 5.18. The van der Waals surface area contributed by atoms with Crippen molar-refractivity contribution < 1.29 is 8.42 Å². The number of hydrogen-bond donors (Lipinski definition) is 2. The van der Waals surface area contributed by atoms with Gasteiger partial charge in [-0.3, -0.25) is 0 Å². The molecule has 0 amide bonds. The molecule has 3 N–H and O–H groups in total. The van der Waals surface area contributed by atoms with Crippen LogP contribution in [0.2, 0.25) is 0 Å². The molecule has 104 valence electrons. The molecule has 1 aromatic rings. The quantitative estimate of drug-likeness (QED) is 0.814. The fourth-order valence-electron chi connectivity index (χ4n) is 1.20. The van der Waals surface area contributed by atoms with Crippen molar-refractivity contribution in [2.45, 2.75) is 29.2 Å². The minimum atomic E-state index is -3.49. The molecular formula is C11H19ClN2O2S2. The molecule has 0 aliphatic carbocycles. The van der Waals surface area contributed by atoms with E-state index in [2.05, 4.69) is 4.72 Å². The van der Waals surface area contributed by atoms with Gasteiger partial charge in [0.25, 0.3) is 0 Å². The molecule has 7 heteroatoms. The van der Waals surface area contributed by atoms with E-state index in [1.54, 1.807) is 32.0 Å². The molecule has 0 aliphatic heterocycles. The van der Waals surface area contributed by atoms with Gasteiger partial charge in [-0.15, -0.1) is 24.2 Å². The highest BCUT2D eigenvalue weighted by Gasteiger charge is 2.20. The Balaban J connectivity index is 0.00000289. The van der Waals surface area contributed by atoms with Gasteiger partial charge in [0.1, 0.15) is 0 Å². The van der Waals surface area contributed by atoms with Crippen LogP contribution in [0.25, 0.3) is 0 Å². The normalized spacial score (nSPS) is 12.0. The first-order chi connectivity index (χ1) is 7.76. The van der Waals surface area contributed by atoms with Crippen molar-refractivity contribution in [2.24, 2.45) is 5.73 Å². The molecule has 4 nitrogen and oxygen atoms in total. The van der Waals surface area contributed by atoms with Gasteiger partial charge in [0.2, 0.25) is 10.0 Å². The number of halogens is 1. The molecule has 0 aromatic heterocycles. The van der Waals surface area contributed by atoms with Crippen LogP contribution in [0.15, 0.2) is 34.1 Å². The van der Waals surface area contributed by atoms with E-state index in [-0.39, 0.29) is 19.0 Å². The lowest BCUT2D eigenvalue weighted by Gasteiger charge is -2.19. The molecule has 0 heterocycles. The van der Waals surface area contributed by atoms with Gasteiger partial charge in [-0.1, -0.05) is 12.1 Å². The van der Waals surface area contributed by atoms with Gasteiger partial charge >= 0.3 is 0 Å². The predicted molar refractivity (Wildman–Crippen MR) is 78.9 cm³/mol. The summed E-state index contributed by atoms with van der Waals surface area (Å²) >= 11 is 1.41. The van der Waals surface area contributed by atoms with Gasteiger partial charge in [0.05, 0.1) is 4.90 Å². The summed E-state index contributed by atoms with van der Waals surface area (Å²) in [5.74, 6) is 0. The lowest BCUT2D eigenvalue weighted by Crippen LogP contribution is -2.45. The van der Waals surface area contributed by atoms with Crippen molar-refractivity contribution in [3.8, 4) is 0 Å². The number of nitrogens with one attached hydrogen (secondary N) is 1. The Morgan fingerprint density at radius 3 is 2.39 bits per heavy atom. The summed E-state index contributed by atoms with van der Waals surface area (Å²) in [6.45, 7) is 3.75. The summed E-state index contributed by atoms with van der Waals surface area (Å²) < 4.78 is 26.7. The lowest BCUT2D eigenvalue weighted by atomic mass is 10.1. The Kier molecular flexibility index (Phi) is 6.67. The molecule has 0 saturated heterocycles. The Morgan fingerprint density at radius 2 is 1.89 bits per heavy atom. The van der Waals surface area contributed by atoms with E-state index in [1.807, 2.05) is 12.3 Å². The zero-order chi connectivity index (χ0) is 13.1. The highest BCUT2D eigenvalue weighted by atomic mass is 35.5. The van der Waals surface area contributed by atoms with Gasteiger partial charge in [0, 0.05) is 17.0 Å². The topological polar surface area (TPSA) is 72.2 Å². The second-order valence-electron chi connectivity index (χ2n) is 4.46. The Morgan fingerprint density at radius 1 is 1.33 bits per heavy atom. The van der Waals surface area contributed by atoms with E-state index in [0.717, 1.165) is 4.90 Å². The van der Waals surface area contributed by atoms with Crippen LogP contribution in [0.5, 0.6) is 0 Å². The zero-order valence-electron chi connectivity index (χ0n) is 10.6. The Bertz CT molecular complexity index is 484. The Labute approximate surface area is 119 Å². The number of benzene rings is 1. The molecule has 18 heavy (non-hydrogen) atoms. The van der Waals surface area contributed by atoms with E-state index >= 15 is 0 Å². The highest BCUT2D eigenvalue weighted by molar-refractivity contribution is 7.99. The lowest BCUT2D eigenvalue weighted by molar-refractivity contribution is 0.497. The second-order valence-corrected chi connectivity index (χ2v) is 7.05. The summed E-state index contributed by atoms with van der Waals surface area (Å²) in [7, 11) is -3.49. The van der Waals surface area contributed by atoms with Crippen LogP contribution in [-0.4, -0.2) is 26.8 Å². The first kappa shape index (κ1) is 17.7. The average Bonchev–Trinajstić information content (AvgIpc) is 2.26. The third-order valence-electron chi connectivity index (χ3n) is 2.08. The fraction of sp³-hybridized carbons (Fsp3) is 0.455. The Hall–Kier alpha value is -0.270. The third kappa shape index (κ3) is 5.16. The summed E-state index contributed by atoms with van der Waals surface area (Å²) in [6, 6.07) is 6.91. The first-order valence-corrected chi connectivity index (χ1v) is 7.88. The van der Waals surface area contributed by atoms with Crippen LogP contribution in [0.1, 0.15) is 13.8 Å². The summed E-state index contributed by atoms with van der Waals surface area (Å²) in [5, 5.41) is 0. The number of hydrogen-bond acceptors (Lipinski definition) is 4. The van der Waals surface area contributed by atoms with Crippen LogP contribution in [0, 0.1) is 0 Å². The van der Waals surface area contributed by atoms with Gasteiger partial charge in [-0.05, 0) is 32.2 Å². The highest BCUT2D eigenvalue weighted by Crippen LogP contribution is 2.23. The maximum atomic E-state index is 12.1. The molecule has 0 saturated carbocycles. The average molecular weight is 311 g/mol. The number of thioether (sulfide) groups is 1. The molecule has 1 aromatic carbocycles. The van der Waals surface area contributed by atoms with Gasteiger partial charge in [-0.25, -0.2) is 13.1 Å². The van der Waals surface area contributed by atoms with E-state index < -0.39 is 15.6 Å². The van der Waals surface area contributed by atoms with Gasteiger partial charge < -0.3 is 5.73 Å². The van der Waals surface area contributed by atoms with Crippen molar-refractivity contribution in [2.75, 3.05) is 12.8 Å². The maximum absolute atomic E-state index is 12.1. The minimum absolute atomic E-state index is 0. The van der Waals surface area contributed by atoms with E-state index in [4.69, 9.17) is 5.73 Å². The van der Waals surface area contributed by atoms with Crippen molar-refractivity contribution in [3.05, 3.63) is 24.3 Å². The molecule has 0 aliphatic rings. The molecular weight excluding hydrogens is 292 g/mol. The molecule has 0 unspecified atom stereocenters. The summed E-state index contributed by atoms with van der Waals surface area (Å²) in [4.78, 5) is 1.03. The largest absolute Gasteiger partial charge is 0.324 e. The predicted octanol–water partition coefficient (Wildman–Crippen LogP) is 1.85. The van der Waals surface area contributed by atoms with E-state index in [9.17, 15) is 8.42 Å². The molecule has 0 atom stereocenters. The number of rotatable bonds is 5. The monoisotopic (exact) mass is 310 g/mol. The van der Waals surface area contributed by atoms with Gasteiger partial charge in [-0.2, -0.15) is 0 Å². The summed E-state index contributed by atoms with van der Waals surface area (Å²) in [5.41, 5.74) is 5.19.